The molecule has 0 amide bonds. The first-order valence-electron chi connectivity index (χ1n) is 7.54. The van der Waals surface area contributed by atoms with Crippen LogP contribution in [0.3, 0.4) is 0 Å². The molecule has 1 N–H and O–H groups in total. The molecular formula is C17H23ClN2O. The third-order valence-corrected chi connectivity index (χ3v) is 3.55. The number of ether oxygens (including phenoxy) is 1. The molecule has 1 aromatic carbocycles. The van der Waals surface area contributed by atoms with Crippen LogP contribution in [0.2, 0.25) is 5.02 Å². The molecule has 0 aliphatic heterocycles. The van der Waals surface area contributed by atoms with Gasteiger partial charge in [-0.1, -0.05) is 25.4 Å². The summed E-state index contributed by atoms with van der Waals surface area (Å²) in [5, 5.41) is 4.06. The molecular weight excluding hydrogens is 284 g/mol. The Morgan fingerprint density at radius 3 is 2.76 bits per heavy atom. The Hall–Kier alpha value is -1.61. The molecule has 114 valence electrons. The predicted octanol–water partition coefficient (Wildman–Crippen LogP) is 4.95. The summed E-state index contributed by atoms with van der Waals surface area (Å²) in [5.41, 5.74) is 2.28. The smallest absolute Gasteiger partial charge is 0.138 e. The first-order chi connectivity index (χ1) is 10.2. The van der Waals surface area contributed by atoms with E-state index >= 15 is 0 Å². The van der Waals surface area contributed by atoms with Gasteiger partial charge in [-0.2, -0.15) is 0 Å². The molecule has 0 aliphatic rings. The third-order valence-electron chi connectivity index (χ3n) is 3.26. The third kappa shape index (κ3) is 4.43. The van der Waals surface area contributed by atoms with E-state index in [9.17, 15) is 0 Å². The largest absolute Gasteiger partial charge is 0.492 e. The molecule has 0 bridgehead atoms. The Bertz CT molecular complexity index is 566. The average Bonchev–Trinajstić information content (AvgIpc) is 2.92. The molecule has 0 unspecified atom stereocenters. The van der Waals surface area contributed by atoms with Crippen LogP contribution in [-0.2, 0) is 13.1 Å². The highest BCUT2D eigenvalue weighted by Crippen LogP contribution is 2.28. The highest BCUT2D eigenvalue weighted by Gasteiger charge is 2.04. The minimum atomic E-state index is 0.650. The van der Waals surface area contributed by atoms with E-state index in [0.717, 1.165) is 37.4 Å². The van der Waals surface area contributed by atoms with E-state index in [-0.39, 0.29) is 0 Å². The summed E-state index contributed by atoms with van der Waals surface area (Å²) in [6, 6.07) is 10.1. The number of aromatic nitrogens is 1. The molecule has 2 aromatic rings. The zero-order valence-electron chi connectivity index (χ0n) is 12.7. The number of halogens is 1. The van der Waals surface area contributed by atoms with E-state index in [1.807, 2.05) is 18.2 Å². The van der Waals surface area contributed by atoms with Crippen molar-refractivity contribution < 1.29 is 4.74 Å². The van der Waals surface area contributed by atoms with E-state index in [0.29, 0.717) is 11.6 Å². The van der Waals surface area contributed by atoms with Crippen molar-refractivity contribution in [1.29, 1.82) is 0 Å². The molecule has 0 aliphatic carbocycles. The average molecular weight is 307 g/mol. The molecule has 0 fully saturated rings. The molecule has 1 heterocycles. The molecule has 21 heavy (non-hydrogen) atoms. The second-order valence-corrected chi connectivity index (χ2v) is 5.45. The maximum absolute atomic E-state index is 6.24. The molecule has 0 saturated heterocycles. The highest BCUT2D eigenvalue weighted by atomic mass is 35.5. The number of hydrogen-bond acceptors (Lipinski definition) is 2. The minimum Gasteiger partial charge on any atom is -0.492 e. The van der Waals surface area contributed by atoms with Gasteiger partial charge in [0.2, 0.25) is 0 Å². The summed E-state index contributed by atoms with van der Waals surface area (Å²) < 4.78 is 7.85. The number of rotatable bonds is 8. The zero-order chi connectivity index (χ0) is 15.1. The maximum Gasteiger partial charge on any atom is 0.138 e. The molecule has 0 radical (unpaired) electrons. The second kappa shape index (κ2) is 7.99. The van der Waals surface area contributed by atoms with Gasteiger partial charge in [-0.05, 0) is 43.2 Å². The van der Waals surface area contributed by atoms with Gasteiger partial charge in [-0.25, -0.2) is 0 Å². The molecule has 1 aromatic heterocycles. The Balaban J connectivity index is 1.97. The van der Waals surface area contributed by atoms with Crippen molar-refractivity contribution in [2.24, 2.45) is 0 Å². The van der Waals surface area contributed by atoms with Gasteiger partial charge in [0.1, 0.15) is 5.75 Å². The van der Waals surface area contributed by atoms with Crippen molar-refractivity contribution in [2.75, 3.05) is 11.9 Å². The summed E-state index contributed by atoms with van der Waals surface area (Å²) >= 11 is 6.24. The van der Waals surface area contributed by atoms with E-state index in [4.69, 9.17) is 16.3 Å². The first kappa shape index (κ1) is 15.8. The van der Waals surface area contributed by atoms with Gasteiger partial charge in [-0.15, -0.1) is 0 Å². The predicted molar refractivity (Wildman–Crippen MR) is 89.3 cm³/mol. The molecule has 4 heteroatoms. The maximum atomic E-state index is 6.24. The molecule has 0 atom stereocenters. The van der Waals surface area contributed by atoms with Crippen molar-refractivity contribution in [2.45, 2.75) is 39.8 Å². The van der Waals surface area contributed by atoms with Crippen LogP contribution in [0.1, 0.15) is 32.4 Å². The standard InChI is InChI=1S/C17H23ClN2O/c1-3-9-20-10-5-6-15(20)13-19-14-7-8-17(16(18)12-14)21-11-4-2/h5-8,10,12,19H,3-4,9,11,13H2,1-2H3. The lowest BCUT2D eigenvalue weighted by Crippen LogP contribution is -2.07. The van der Waals surface area contributed by atoms with Gasteiger partial charge in [0.25, 0.3) is 0 Å². The second-order valence-electron chi connectivity index (χ2n) is 5.04. The number of benzene rings is 1. The fourth-order valence-corrected chi connectivity index (χ4v) is 2.44. The number of nitrogens with one attached hydrogen (secondary N) is 1. The Morgan fingerprint density at radius 1 is 1.19 bits per heavy atom. The van der Waals surface area contributed by atoms with Gasteiger partial charge in [-0.3, -0.25) is 0 Å². The Kier molecular flexibility index (Phi) is 6.00. The monoisotopic (exact) mass is 306 g/mol. The number of aryl methyl sites for hydroxylation is 1. The van der Waals surface area contributed by atoms with E-state index in [1.54, 1.807) is 0 Å². The highest BCUT2D eigenvalue weighted by molar-refractivity contribution is 6.32. The van der Waals surface area contributed by atoms with Crippen molar-refractivity contribution in [3.63, 3.8) is 0 Å². The van der Waals surface area contributed by atoms with Gasteiger partial charge < -0.3 is 14.6 Å². The summed E-state index contributed by atoms with van der Waals surface area (Å²) in [4.78, 5) is 0. The summed E-state index contributed by atoms with van der Waals surface area (Å²) in [6.07, 6.45) is 4.23. The minimum absolute atomic E-state index is 0.650. The summed E-state index contributed by atoms with van der Waals surface area (Å²) in [7, 11) is 0. The van der Waals surface area contributed by atoms with Gasteiger partial charge in [0, 0.05) is 24.1 Å². The molecule has 2 rings (SSSR count). The molecule has 0 spiro atoms. The lowest BCUT2D eigenvalue weighted by molar-refractivity contribution is 0.317. The van der Waals surface area contributed by atoms with Crippen LogP contribution in [0.5, 0.6) is 5.75 Å². The van der Waals surface area contributed by atoms with Crippen LogP contribution in [-0.4, -0.2) is 11.2 Å². The van der Waals surface area contributed by atoms with Crippen molar-refractivity contribution in [3.05, 3.63) is 47.2 Å². The van der Waals surface area contributed by atoms with E-state index in [1.165, 1.54) is 5.69 Å². The van der Waals surface area contributed by atoms with Crippen molar-refractivity contribution >= 4 is 17.3 Å². The number of hydrogen-bond donors (Lipinski definition) is 1. The van der Waals surface area contributed by atoms with Crippen LogP contribution in [0.25, 0.3) is 0 Å². The topological polar surface area (TPSA) is 26.2 Å². The zero-order valence-corrected chi connectivity index (χ0v) is 13.5. The summed E-state index contributed by atoms with van der Waals surface area (Å²) in [6.45, 7) is 6.80. The van der Waals surface area contributed by atoms with Crippen molar-refractivity contribution in [3.8, 4) is 5.75 Å². The van der Waals surface area contributed by atoms with Gasteiger partial charge in [0.15, 0.2) is 0 Å². The van der Waals surface area contributed by atoms with Crippen LogP contribution in [0.4, 0.5) is 5.69 Å². The number of anilines is 1. The Morgan fingerprint density at radius 2 is 2.05 bits per heavy atom. The van der Waals surface area contributed by atoms with Gasteiger partial charge >= 0.3 is 0 Å². The van der Waals surface area contributed by atoms with Crippen molar-refractivity contribution in [1.82, 2.24) is 4.57 Å². The SMILES string of the molecule is CCCOc1ccc(NCc2cccn2CCC)cc1Cl. The fourth-order valence-electron chi connectivity index (χ4n) is 2.20. The lowest BCUT2D eigenvalue weighted by Gasteiger charge is -2.12. The summed E-state index contributed by atoms with van der Waals surface area (Å²) in [5.74, 6) is 0.749. The van der Waals surface area contributed by atoms with Crippen LogP contribution in [0, 0.1) is 0 Å². The molecule has 3 nitrogen and oxygen atoms in total. The van der Waals surface area contributed by atoms with E-state index in [2.05, 4.69) is 42.1 Å². The fraction of sp³-hybridized carbons (Fsp3) is 0.412. The lowest BCUT2D eigenvalue weighted by atomic mass is 10.3. The first-order valence-corrected chi connectivity index (χ1v) is 7.92. The van der Waals surface area contributed by atoms with E-state index < -0.39 is 0 Å². The number of nitrogens with zero attached hydrogens (tertiary/aromatic N) is 1. The van der Waals surface area contributed by atoms with Crippen LogP contribution < -0.4 is 10.1 Å². The molecule has 0 saturated carbocycles. The normalized spacial score (nSPS) is 10.6. The quantitative estimate of drug-likeness (QED) is 0.746. The Labute approximate surface area is 131 Å². The van der Waals surface area contributed by atoms with Crippen LogP contribution >= 0.6 is 11.6 Å². The van der Waals surface area contributed by atoms with Crippen LogP contribution in [0.15, 0.2) is 36.5 Å². The van der Waals surface area contributed by atoms with Gasteiger partial charge in [0.05, 0.1) is 18.2 Å².